The van der Waals surface area contributed by atoms with Crippen LogP contribution in [0.3, 0.4) is 0 Å². The lowest BCUT2D eigenvalue weighted by molar-refractivity contribution is -0.132. The van der Waals surface area contributed by atoms with Crippen molar-refractivity contribution in [2.45, 2.75) is 72.6 Å². The van der Waals surface area contributed by atoms with Gasteiger partial charge in [0.1, 0.15) is 5.60 Å². The van der Waals surface area contributed by atoms with Crippen molar-refractivity contribution in [3.05, 3.63) is 0 Å². The molecule has 2 atom stereocenters. The zero-order chi connectivity index (χ0) is 18.7. The number of likely N-dealkylation sites (tertiary alicyclic amines) is 1. The van der Waals surface area contributed by atoms with Gasteiger partial charge in [0.25, 0.3) is 0 Å². The third-order valence-corrected chi connectivity index (χ3v) is 4.31. The minimum atomic E-state index is -0.508. The summed E-state index contributed by atoms with van der Waals surface area (Å²) in [5.41, 5.74) is 5.47. The summed E-state index contributed by atoms with van der Waals surface area (Å²) < 4.78 is 5.50. The molecule has 0 aromatic heterocycles. The van der Waals surface area contributed by atoms with E-state index in [1.54, 1.807) is 4.90 Å². The van der Waals surface area contributed by atoms with Crippen LogP contribution in [0.5, 0.6) is 0 Å². The van der Waals surface area contributed by atoms with Crippen LogP contribution in [-0.4, -0.2) is 59.1 Å². The molecule has 1 aliphatic rings. The van der Waals surface area contributed by atoms with Crippen molar-refractivity contribution in [2.24, 2.45) is 17.6 Å². The van der Waals surface area contributed by atoms with Crippen molar-refractivity contribution in [3.8, 4) is 0 Å². The highest BCUT2D eigenvalue weighted by atomic mass is 16.6. The first-order valence-electron chi connectivity index (χ1n) is 8.96. The summed E-state index contributed by atoms with van der Waals surface area (Å²) in [4.78, 5) is 28.4. The quantitative estimate of drug-likeness (QED) is 0.833. The summed E-state index contributed by atoms with van der Waals surface area (Å²) in [5.74, 6) is 0.412. The Hall–Kier alpha value is -1.30. The fourth-order valence-corrected chi connectivity index (χ4v) is 2.77. The van der Waals surface area contributed by atoms with Gasteiger partial charge in [-0.2, -0.15) is 0 Å². The van der Waals surface area contributed by atoms with Crippen LogP contribution in [-0.2, 0) is 9.53 Å². The molecule has 2 amide bonds. The highest BCUT2D eigenvalue weighted by Gasteiger charge is 2.33. The number of nitrogens with two attached hydrogens (primary N) is 1. The predicted octanol–water partition coefficient (Wildman–Crippen LogP) is 2.46. The number of carbonyl (C=O) groups is 2. The minimum absolute atomic E-state index is 0.0147. The van der Waals surface area contributed by atoms with Gasteiger partial charge in [0.05, 0.1) is 6.04 Å². The lowest BCUT2D eigenvalue weighted by Crippen LogP contribution is -2.46. The van der Waals surface area contributed by atoms with Crippen LogP contribution in [0.2, 0.25) is 0 Å². The maximum absolute atomic E-state index is 12.4. The third kappa shape index (κ3) is 5.96. The van der Waals surface area contributed by atoms with Crippen molar-refractivity contribution in [1.29, 1.82) is 0 Å². The smallest absolute Gasteiger partial charge is 0.410 e. The molecular formula is C18H35N3O3. The molecule has 2 N–H and O–H groups in total. The van der Waals surface area contributed by atoms with Gasteiger partial charge in [0.15, 0.2) is 0 Å². The van der Waals surface area contributed by atoms with E-state index in [2.05, 4.69) is 0 Å². The van der Waals surface area contributed by atoms with E-state index in [1.165, 1.54) is 0 Å². The molecule has 24 heavy (non-hydrogen) atoms. The first kappa shape index (κ1) is 20.7. The molecule has 1 aliphatic heterocycles. The van der Waals surface area contributed by atoms with E-state index in [4.69, 9.17) is 10.5 Å². The summed E-state index contributed by atoms with van der Waals surface area (Å²) in [7, 11) is 0. The number of ether oxygens (including phenoxy) is 1. The van der Waals surface area contributed by atoms with Crippen molar-refractivity contribution >= 4 is 12.0 Å². The minimum Gasteiger partial charge on any atom is -0.444 e. The molecule has 0 aromatic carbocycles. The van der Waals surface area contributed by atoms with Gasteiger partial charge in [0.2, 0.25) is 5.91 Å². The summed E-state index contributed by atoms with van der Waals surface area (Å²) in [5, 5.41) is 0. The second-order valence-corrected chi connectivity index (χ2v) is 8.44. The summed E-state index contributed by atoms with van der Waals surface area (Å²) >= 11 is 0. The van der Waals surface area contributed by atoms with Gasteiger partial charge >= 0.3 is 6.09 Å². The predicted molar refractivity (Wildman–Crippen MR) is 95.6 cm³/mol. The van der Waals surface area contributed by atoms with E-state index < -0.39 is 11.6 Å². The second kappa shape index (κ2) is 8.19. The molecule has 0 aliphatic carbocycles. The van der Waals surface area contributed by atoms with Gasteiger partial charge in [0, 0.05) is 25.7 Å². The zero-order valence-electron chi connectivity index (χ0n) is 16.3. The maximum Gasteiger partial charge on any atom is 0.410 e. The van der Waals surface area contributed by atoms with Gasteiger partial charge in [-0.1, -0.05) is 13.8 Å². The maximum atomic E-state index is 12.4. The largest absolute Gasteiger partial charge is 0.444 e. The number of hydrogen-bond acceptors (Lipinski definition) is 4. The van der Waals surface area contributed by atoms with Gasteiger partial charge in [-0.15, -0.1) is 0 Å². The monoisotopic (exact) mass is 341 g/mol. The fraction of sp³-hybridized carbons (Fsp3) is 0.889. The molecule has 1 fully saturated rings. The Balaban J connectivity index is 2.64. The average molecular weight is 341 g/mol. The first-order chi connectivity index (χ1) is 10.9. The highest BCUT2D eigenvalue weighted by Crippen LogP contribution is 2.21. The Labute approximate surface area is 146 Å². The normalized spacial score (nSPS) is 19.8. The van der Waals surface area contributed by atoms with Gasteiger partial charge < -0.3 is 20.3 Å². The summed E-state index contributed by atoms with van der Waals surface area (Å²) in [6, 6.07) is -0.390. The fourth-order valence-electron chi connectivity index (χ4n) is 2.77. The second-order valence-electron chi connectivity index (χ2n) is 8.44. The highest BCUT2D eigenvalue weighted by molar-refractivity contribution is 5.82. The van der Waals surface area contributed by atoms with E-state index in [9.17, 15) is 9.59 Å². The van der Waals surface area contributed by atoms with E-state index in [0.29, 0.717) is 19.6 Å². The molecule has 0 radical (unpaired) electrons. The first-order valence-corrected chi connectivity index (χ1v) is 8.96. The van der Waals surface area contributed by atoms with Gasteiger partial charge in [-0.3, -0.25) is 4.79 Å². The van der Waals surface area contributed by atoms with Crippen molar-refractivity contribution in [3.63, 3.8) is 0 Å². The standard InChI is InChI=1S/C18H35N3O3/c1-12(2)15(19)16(22)20-9-8-14(10-20)11-21(13(3)4)17(23)24-18(5,6)7/h12-15H,8-11,19H2,1-7H3/t14-,15+/m1/s1. The molecule has 0 saturated carbocycles. The van der Waals surface area contributed by atoms with Crippen LogP contribution in [0.25, 0.3) is 0 Å². The van der Waals surface area contributed by atoms with E-state index in [-0.39, 0.29) is 29.9 Å². The molecule has 140 valence electrons. The molecular weight excluding hydrogens is 306 g/mol. The van der Waals surface area contributed by atoms with E-state index in [1.807, 2.05) is 53.4 Å². The van der Waals surface area contributed by atoms with Crippen molar-refractivity contribution in [2.75, 3.05) is 19.6 Å². The summed E-state index contributed by atoms with van der Waals surface area (Å²) in [6.07, 6.45) is 0.601. The Morgan fingerprint density at radius 2 is 1.83 bits per heavy atom. The topological polar surface area (TPSA) is 75.9 Å². The Bertz CT molecular complexity index is 443. The van der Waals surface area contributed by atoms with Crippen molar-refractivity contribution in [1.82, 2.24) is 9.80 Å². The molecule has 6 nitrogen and oxygen atoms in total. The van der Waals surface area contributed by atoms with E-state index in [0.717, 1.165) is 6.42 Å². The Morgan fingerprint density at radius 3 is 2.29 bits per heavy atom. The molecule has 0 aromatic rings. The lowest BCUT2D eigenvalue weighted by atomic mass is 10.0. The molecule has 0 unspecified atom stereocenters. The molecule has 6 heteroatoms. The van der Waals surface area contributed by atoms with Crippen LogP contribution in [0.4, 0.5) is 4.79 Å². The molecule has 0 spiro atoms. The average Bonchev–Trinajstić information content (AvgIpc) is 2.89. The number of carbonyl (C=O) groups excluding carboxylic acids is 2. The van der Waals surface area contributed by atoms with Crippen molar-refractivity contribution < 1.29 is 14.3 Å². The summed E-state index contributed by atoms with van der Waals surface area (Å²) in [6.45, 7) is 15.5. The molecule has 1 rings (SSSR count). The number of rotatable bonds is 5. The zero-order valence-corrected chi connectivity index (χ0v) is 16.3. The third-order valence-electron chi connectivity index (χ3n) is 4.31. The SMILES string of the molecule is CC(C)[C@H](N)C(=O)N1CC[C@@H](CN(C(=O)OC(C)(C)C)C(C)C)C1. The van der Waals surface area contributed by atoms with Crippen LogP contribution in [0.1, 0.15) is 54.9 Å². The number of amides is 2. The Morgan fingerprint density at radius 1 is 1.25 bits per heavy atom. The van der Waals surface area contributed by atoms with Crippen LogP contribution in [0, 0.1) is 11.8 Å². The van der Waals surface area contributed by atoms with E-state index >= 15 is 0 Å². The Kier molecular flexibility index (Phi) is 7.08. The lowest BCUT2D eigenvalue weighted by Gasteiger charge is -2.32. The van der Waals surface area contributed by atoms with Gasteiger partial charge in [-0.25, -0.2) is 4.79 Å². The molecule has 1 saturated heterocycles. The number of hydrogen-bond donors (Lipinski definition) is 1. The van der Waals surface area contributed by atoms with Crippen LogP contribution >= 0.6 is 0 Å². The van der Waals surface area contributed by atoms with Crippen LogP contribution in [0.15, 0.2) is 0 Å². The number of nitrogens with zero attached hydrogens (tertiary/aromatic N) is 2. The molecule has 1 heterocycles. The molecule has 0 bridgehead atoms. The van der Waals surface area contributed by atoms with Crippen LogP contribution < -0.4 is 5.73 Å². The van der Waals surface area contributed by atoms with Gasteiger partial charge in [-0.05, 0) is 52.9 Å².